The van der Waals surface area contributed by atoms with Crippen LogP contribution in [-0.4, -0.2) is 20.5 Å². The fraction of sp³-hybridized carbons (Fsp3) is 0.278. The molecule has 0 fully saturated rings. The average Bonchev–Trinajstić information content (AvgIpc) is 2.99. The van der Waals surface area contributed by atoms with E-state index in [1.807, 2.05) is 6.92 Å². The van der Waals surface area contributed by atoms with Gasteiger partial charge < -0.3 is 5.32 Å². The third-order valence-electron chi connectivity index (χ3n) is 3.92. The minimum Gasteiger partial charge on any atom is -0.348 e. The van der Waals surface area contributed by atoms with Gasteiger partial charge in [0.05, 0.1) is 17.4 Å². The Kier molecular flexibility index (Phi) is 4.65. The van der Waals surface area contributed by atoms with E-state index >= 15 is 0 Å². The normalized spacial score (nSPS) is 12.3. The number of fused-ring (bicyclic) bond motifs is 1. The van der Waals surface area contributed by atoms with Crippen molar-refractivity contribution in [2.24, 2.45) is 0 Å². The molecule has 1 aromatic carbocycles. The summed E-state index contributed by atoms with van der Waals surface area (Å²) in [5.41, 5.74) is 1.88. The zero-order chi connectivity index (χ0) is 18.0. The number of hydrogen-bond donors (Lipinski definition) is 2. The van der Waals surface area contributed by atoms with E-state index in [1.165, 1.54) is 29.6 Å². The van der Waals surface area contributed by atoms with Gasteiger partial charge >= 0.3 is 0 Å². The second-order valence-electron chi connectivity index (χ2n) is 5.93. The molecule has 0 bridgehead atoms. The molecule has 0 saturated heterocycles. The number of halogens is 1. The van der Waals surface area contributed by atoms with Gasteiger partial charge in [0.1, 0.15) is 5.82 Å². The van der Waals surface area contributed by atoms with Crippen LogP contribution in [0.25, 0.3) is 16.9 Å². The van der Waals surface area contributed by atoms with Gasteiger partial charge in [-0.2, -0.15) is 0 Å². The second-order valence-corrected chi connectivity index (χ2v) is 5.93. The zero-order valence-electron chi connectivity index (χ0n) is 14.0. The maximum absolute atomic E-state index is 13.4. The highest BCUT2D eigenvalue weighted by Crippen LogP contribution is 2.21. The molecule has 0 saturated carbocycles. The molecule has 0 aliphatic carbocycles. The standard InChI is InChI=1S/C18H19FN4O2/c1-3-5-14(20-11(2)24)16-10-18(25)23-17(21-16)9-15(22-23)12-6-4-7-13(19)8-12/h4,6-10,14,22H,3,5H2,1-2H3,(H,20,24). The first-order valence-electron chi connectivity index (χ1n) is 8.13. The summed E-state index contributed by atoms with van der Waals surface area (Å²) < 4.78 is 14.7. The highest BCUT2D eigenvalue weighted by Gasteiger charge is 2.16. The van der Waals surface area contributed by atoms with Crippen molar-refractivity contribution < 1.29 is 9.18 Å². The van der Waals surface area contributed by atoms with Crippen LogP contribution in [0.15, 0.2) is 41.2 Å². The molecule has 1 unspecified atom stereocenters. The molecule has 0 aliphatic rings. The van der Waals surface area contributed by atoms with Crippen molar-refractivity contribution in [3.05, 3.63) is 58.3 Å². The lowest BCUT2D eigenvalue weighted by Gasteiger charge is -2.16. The number of amides is 1. The smallest absolute Gasteiger partial charge is 0.272 e. The molecule has 6 nitrogen and oxygen atoms in total. The molecule has 3 aromatic rings. The Labute approximate surface area is 143 Å². The topological polar surface area (TPSA) is 79.3 Å². The summed E-state index contributed by atoms with van der Waals surface area (Å²) in [5, 5.41) is 5.76. The van der Waals surface area contributed by atoms with Crippen molar-refractivity contribution in [1.82, 2.24) is 19.9 Å². The van der Waals surface area contributed by atoms with Crippen LogP contribution in [-0.2, 0) is 4.79 Å². The van der Waals surface area contributed by atoms with Crippen molar-refractivity contribution in [2.45, 2.75) is 32.7 Å². The van der Waals surface area contributed by atoms with Gasteiger partial charge in [0.2, 0.25) is 5.91 Å². The highest BCUT2D eigenvalue weighted by molar-refractivity contribution is 5.73. The Bertz CT molecular complexity index is 977. The SMILES string of the molecule is CCCC(NC(C)=O)c1cc(=O)n2[nH]c(-c3cccc(F)c3)cc2n1. The van der Waals surface area contributed by atoms with E-state index in [0.29, 0.717) is 29.0 Å². The number of hydrogen-bond acceptors (Lipinski definition) is 3. The molecule has 0 spiro atoms. The van der Waals surface area contributed by atoms with Crippen LogP contribution in [0.1, 0.15) is 38.4 Å². The molecular formula is C18H19FN4O2. The summed E-state index contributed by atoms with van der Waals surface area (Å²) >= 11 is 0. The molecule has 1 atom stereocenters. The third-order valence-corrected chi connectivity index (χ3v) is 3.92. The first-order valence-corrected chi connectivity index (χ1v) is 8.13. The first kappa shape index (κ1) is 16.9. The van der Waals surface area contributed by atoms with Crippen LogP contribution in [0.4, 0.5) is 4.39 Å². The van der Waals surface area contributed by atoms with Gasteiger partial charge in [0.15, 0.2) is 5.65 Å². The van der Waals surface area contributed by atoms with Crippen molar-refractivity contribution in [2.75, 3.05) is 0 Å². The van der Waals surface area contributed by atoms with Crippen LogP contribution in [0.2, 0.25) is 0 Å². The molecule has 7 heteroatoms. The molecular weight excluding hydrogens is 323 g/mol. The van der Waals surface area contributed by atoms with Gasteiger partial charge in [-0.05, 0) is 18.6 Å². The van der Waals surface area contributed by atoms with Crippen molar-refractivity contribution in [1.29, 1.82) is 0 Å². The monoisotopic (exact) mass is 342 g/mol. The van der Waals surface area contributed by atoms with Gasteiger partial charge in [-0.25, -0.2) is 13.9 Å². The Balaban J connectivity index is 2.07. The summed E-state index contributed by atoms with van der Waals surface area (Å²) in [6, 6.07) is 8.88. The lowest BCUT2D eigenvalue weighted by Crippen LogP contribution is -2.28. The van der Waals surface area contributed by atoms with Crippen molar-refractivity contribution in [3.8, 4) is 11.3 Å². The minimum atomic E-state index is -0.356. The van der Waals surface area contributed by atoms with E-state index < -0.39 is 0 Å². The maximum atomic E-state index is 13.4. The third kappa shape index (κ3) is 3.60. The first-order chi connectivity index (χ1) is 12.0. The quantitative estimate of drug-likeness (QED) is 0.748. The minimum absolute atomic E-state index is 0.171. The zero-order valence-corrected chi connectivity index (χ0v) is 14.0. The number of rotatable bonds is 5. The van der Waals surface area contributed by atoms with E-state index in [1.54, 1.807) is 18.2 Å². The van der Waals surface area contributed by atoms with Crippen LogP contribution in [0.3, 0.4) is 0 Å². The van der Waals surface area contributed by atoms with Crippen LogP contribution in [0, 0.1) is 5.82 Å². The van der Waals surface area contributed by atoms with Gasteiger partial charge in [-0.15, -0.1) is 0 Å². The predicted octanol–water partition coefficient (Wildman–Crippen LogP) is 2.81. The fourth-order valence-corrected chi connectivity index (χ4v) is 2.82. The number of nitrogens with one attached hydrogen (secondary N) is 2. The van der Waals surface area contributed by atoms with E-state index in [-0.39, 0.29) is 23.3 Å². The molecule has 3 rings (SSSR count). The molecule has 2 N–H and O–H groups in total. The molecule has 2 aromatic heterocycles. The average molecular weight is 342 g/mol. The summed E-state index contributed by atoms with van der Waals surface area (Å²) in [7, 11) is 0. The van der Waals surface area contributed by atoms with E-state index in [4.69, 9.17) is 0 Å². The molecule has 25 heavy (non-hydrogen) atoms. The summed E-state index contributed by atoms with van der Waals surface area (Å²) in [4.78, 5) is 28.3. The van der Waals surface area contributed by atoms with Gasteiger partial charge in [-0.3, -0.25) is 14.7 Å². The lowest BCUT2D eigenvalue weighted by atomic mass is 10.1. The number of aromatic nitrogens is 3. The number of carbonyl (C=O) groups is 1. The fourth-order valence-electron chi connectivity index (χ4n) is 2.82. The molecule has 0 aliphatic heterocycles. The Morgan fingerprint density at radius 1 is 1.36 bits per heavy atom. The number of nitrogens with zero attached hydrogens (tertiary/aromatic N) is 2. The number of H-pyrrole nitrogens is 1. The summed E-state index contributed by atoms with van der Waals surface area (Å²) in [6.07, 6.45) is 1.52. The number of benzene rings is 1. The Morgan fingerprint density at radius 2 is 2.16 bits per heavy atom. The van der Waals surface area contributed by atoms with E-state index in [9.17, 15) is 14.0 Å². The largest absolute Gasteiger partial charge is 0.348 e. The Hall–Kier alpha value is -2.96. The van der Waals surface area contributed by atoms with Gasteiger partial charge in [0.25, 0.3) is 5.56 Å². The lowest BCUT2D eigenvalue weighted by molar-refractivity contribution is -0.119. The van der Waals surface area contributed by atoms with E-state index in [0.717, 1.165) is 6.42 Å². The van der Waals surface area contributed by atoms with Crippen LogP contribution in [0.5, 0.6) is 0 Å². The molecule has 0 radical (unpaired) electrons. The number of aromatic amines is 1. The van der Waals surface area contributed by atoms with Gasteiger partial charge in [-0.1, -0.05) is 25.5 Å². The van der Waals surface area contributed by atoms with Crippen LogP contribution >= 0.6 is 0 Å². The van der Waals surface area contributed by atoms with Crippen molar-refractivity contribution in [3.63, 3.8) is 0 Å². The molecule has 130 valence electrons. The van der Waals surface area contributed by atoms with Crippen molar-refractivity contribution >= 4 is 11.6 Å². The molecule has 1 amide bonds. The summed E-state index contributed by atoms with van der Waals surface area (Å²) in [6.45, 7) is 3.44. The highest BCUT2D eigenvalue weighted by atomic mass is 19.1. The summed E-state index contributed by atoms with van der Waals surface area (Å²) in [5.74, 6) is -0.527. The van der Waals surface area contributed by atoms with Gasteiger partial charge in [0, 0.05) is 24.6 Å². The molecule has 2 heterocycles. The van der Waals surface area contributed by atoms with E-state index in [2.05, 4.69) is 15.4 Å². The predicted molar refractivity (Wildman–Crippen MR) is 92.7 cm³/mol. The Morgan fingerprint density at radius 3 is 2.84 bits per heavy atom. The number of carbonyl (C=O) groups excluding carboxylic acids is 1. The second kappa shape index (κ2) is 6.88. The maximum Gasteiger partial charge on any atom is 0.272 e. The van der Waals surface area contributed by atoms with Crippen LogP contribution < -0.4 is 10.9 Å².